The van der Waals surface area contributed by atoms with E-state index < -0.39 is 0 Å². The zero-order chi connectivity index (χ0) is 19.1. The molecule has 2 amide bonds. The maximum Gasteiger partial charge on any atom is 0.229 e. The third kappa shape index (κ3) is 5.40. The molecule has 27 heavy (non-hydrogen) atoms. The topological polar surface area (TPSA) is 74.3 Å². The summed E-state index contributed by atoms with van der Waals surface area (Å²) >= 11 is 1.57. The molecule has 142 valence electrons. The highest BCUT2D eigenvalue weighted by atomic mass is 32.1. The van der Waals surface area contributed by atoms with Crippen molar-refractivity contribution in [3.63, 3.8) is 0 Å². The van der Waals surface area contributed by atoms with Gasteiger partial charge in [-0.2, -0.15) is 0 Å². The van der Waals surface area contributed by atoms with Crippen molar-refractivity contribution in [2.24, 2.45) is 5.92 Å². The van der Waals surface area contributed by atoms with Crippen LogP contribution in [0.2, 0.25) is 0 Å². The van der Waals surface area contributed by atoms with E-state index in [1.165, 1.54) is 0 Å². The van der Waals surface area contributed by atoms with Crippen molar-refractivity contribution in [2.75, 3.05) is 29.9 Å². The van der Waals surface area contributed by atoms with Gasteiger partial charge in [0, 0.05) is 24.5 Å². The number of carbonyl (C=O) groups excluding carboxylic acids is 2. The number of anilines is 2. The van der Waals surface area contributed by atoms with Gasteiger partial charge < -0.3 is 15.5 Å². The summed E-state index contributed by atoms with van der Waals surface area (Å²) in [7, 11) is 0. The third-order valence-electron chi connectivity index (χ3n) is 4.48. The fourth-order valence-corrected chi connectivity index (χ4v) is 3.84. The first-order valence-electron chi connectivity index (χ1n) is 9.07. The molecule has 0 aromatic carbocycles. The number of nitrogens with zero attached hydrogens (tertiary/aromatic N) is 2. The van der Waals surface area contributed by atoms with Gasteiger partial charge in [-0.05, 0) is 36.4 Å². The summed E-state index contributed by atoms with van der Waals surface area (Å²) in [5.74, 6) is 0.805. The summed E-state index contributed by atoms with van der Waals surface area (Å²) in [5, 5.41) is 7.71. The number of hydrogen-bond acceptors (Lipinski definition) is 5. The standard InChI is InChI=1S/C20H24N4O2S/c1-2-9-21-20(26)15-5-3-10-24(14-15)18-8-7-16(13-22-18)23-19(25)12-17-6-4-11-27-17/h2,4,6-8,11,13,15H,1,3,5,9-10,12,14H2,(H,21,26)(H,23,25)/t15-/m1/s1. The Hall–Kier alpha value is -2.67. The van der Waals surface area contributed by atoms with Gasteiger partial charge in [-0.3, -0.25) is 9.59 Å². The van der Waals surface area contributed by atoms with E-state index in [-0.39, 0.29) is 17.7 Å². The quantitative estimate of drug-likeness (QED) is 0.720. The van der Waals surface area contributed by atoms with Crippen molar-refractivity contribution < 1.29 is 9.59 Å². The molecule has 3 rings (SSSR count). The Bertz CT molecular complexity index is 774. The molecule has 3 heterocycles. The monoisotopic (exact) mass is 384 g/mol. The summed E-state index contributed by atoms with van der Waals surface area (Å²) < 4.78 is 0. The smallest absolute Gasteiger partial charge is 0.229 e. The summed E-state index contributed by atoms with van der Waals surface area (Å²) in [5.41, 5.74) is 0.678. The summed E-state index contributed by atoms with van der Waals surface area (Å²) in [6.45, 7) is 5.65. The predicted molar refractivity (Wildman–Crippen MR) is 109 cm³/mol. The molecular formula is C20H24N4O2S. The van der Waals surface area contributed by atoms with Crippen molar-refractivity contribution in [1.29, 1.82) is 0 Å². The average Bonchev–Trinajstić information content (AvgIpc) is 3.19. The number of rotatable bonds is 7. The van der Waals surface area contributed by atoms with E-state index >= 15 is 0 Å². The van der Waals surface area contributed by atoms with Crippen molar-refractivity contribution in [1.82, 2.24) is 10.3 Å². The van der Waals surface area contributed by atoms with Crippen LogP contribution in [0.4, 0.5) is 11.5 Å². The highest BCUT2D eigenvalue weighted by molar-refractivity contribution is 7.10. The molecule has 0 radical (unpaired) electrons. The van der Waals surface area contributed by atoms with Crippen LogP contribution in [0.1, 0.15) is 17.7 Å². The fourth-order valence-electron chi connectivity index (χ4n) is 3.14. The van der Waals surface area contributed by atoms with Crippen molar-refractivity contribution in [3.8, 4) is 0 Å². The molecule has 1 aliphatic rings. The van der Waals surface area contributed by atoms with Gasteiger partial charge in [-0.15, -0.1) is 17.9 Å². The molecule has 0 aliphatic carbocycles. The van der Waals surface area contributed by atoms with Crippen LogP contribution in [-0.4, -0.2) is 36.4 Å². The normalized spacial score (nSPS) is 16.6. The SMILES string of the molecule is C=CCNC(=O)[C@@H]1CCCN(c2ccc(NC(=O)Cc3cccs3)cn2)C1. The molecule has 6 nitrogen and oxygen atoms in total. The number of aromatic nitrogens is 1. The van der Waals surface area contributed by atoms with E-state index in [1.54, 1.807) is 23.6 Å². The molecule has 0 bridgehead atoms. The summed E-state index contributed by atoms with van der Waals surface area (Å²) in [6, 6.07) is 7.64. The molecule has 2 aromatic rings. The van der Waals surface area contributed by atoms with Crippen LogP contribution in [0, 0.1) is 5.92 Å². The maximum absolute atomic E-state index is 12.2. The van der Waals surface area contributed by atoms with E-state index in [4.69, 9.17) is 0 Å². The van der Waals surface area contributed by atoms with Crippen LogP contribution in [0.5, 0.6) is 0 Å². The molecule has 0 spiro atoms. The van der Waals surface area contributed by atoms with Crippen molar-refractivity contribution in [2.45, 2.75) is 19.3 Å². The minimum atomic E-state index is -0.0519. The molecular weight excluding hydrogens is 360 g/mol. The van der Waals surface area contributed by atoms with Crippen LogP contribution < -0.4 is 15.5 Å². The van der Waals surface area contributed by atoms with E-state index in [9.17, 15) is 9.59 Å². The first-order chi connectivity index (χ1) is 13.2. The van der Waals surface area contributed by atoms with Gasteiger partial charge in [0.25, 0.3) is 0 Å². The van der Waals surface area contributed by atoms with Crippen molar-refractivity contribution in [3.05, 3.63) is 53.4 Å². The van der Waals surface area contributed by atoms with Gasteiger partial charge in [0.15, 0.2) is 0 Å². The van der Waals surface area contributed by atoms with Crippen LogP contribution in [0.15, 0.2) is 48.5 Å². The lowest BCUT2D eigenvalue weighted by atomic mass is 9.97. The van der Waals surface area contributed by atoms with Gasteiger partial charge in [0.2, 0.25) is 11.8 Å². The van der Waals surface area contributed by atoms with Gasteiger partial charge >= 0.3 is 0 Å². The maximum atomic E-state index is 12.2. The number of thiophene rings is 1. The Morgan fingerprint density at radius 1 is 1.37 bits per heavy atom. The Balaban J connectivity index is 1.55. The third-order valence-corrected chi connectivity index (χ3v) is 5.36. The number of pyridine rings is 1. The van der Waals surface area contributed by atoms with Crippen molar-refractivity contribution >= 4 is 34.7 Å². The first-order valence-corrected chi connectivity index (χ1v) is 9.95. The number of nitrogens with one attached hydrogen (secondary N) is 2. The van der Waals surface area contributed by atoms with Gasteiger partial charge in [0.1, 0.15) is 5.82 Å². The molecule has 0 unspecified atom stereocenters. The Kier molecular flexibility index (Phi) is 6.59. The van der Waals surface area contributed by atoms with E-state index in [1.807, 2.05) is 29.6 Å². The minimum absolute atomic E-state index is 0.0364. The second-order valence-corrected chi connectivity index (χ2v) is 7.56. The second kappa shape index (κ2) is 9.32. The molecule has 0 saturated carbocycles. The van der Waals surface area contributed by atoms with Crippen LogP contribution in [-0.2, 0) is 16.0 Å². The number of carbonyl (C=O) groups is 2. The average molecular weight is 385 g/mol. The van der Waals surface area contributed by atoms with E-state index in [0.29, 0.717) is 25.2 Å². The lowest BCUT2D eigenvalue weighted by molar-refractivity contribution is -0.125. The van der Waals surface area contributed by atoms with Gasteiger partial charge in [-0.1, -0.05) is 12.1 Å². The lowest BCUT2D eigenvalue weighted by Gasteiger charge is -2.32. The molecule has 1 atom stereocenters. The Morgan fingerprint density at radius 2 is 2.26 bits per heavy atom. The molecule has 2 N–H and O–H groups in total. The summed E-state index contributed by atoms with van der Waals surface area (Å²) in [6.07, 6.45) is 5.56. The number of hydrogen-bond donors (Lipinski definition) is 2. The van der Waals surface area contributed by atoms with E-state index in [2.05, 4.69) is 27.1 Å². The van der Waals surface area contributed by atoms with Crippen LogP contribution in [0.25, 0.3) is 0 Å². The highest BCUT2D eigenvalue weighted by Gasteiger charge is 2.26. The fraction of sp³-hybridized carbons (Fsp3) is 0.350. The number of piperidine rings is 1. The largest absolute Gasteiger partial charge is 0.356 e. The lowest BCUT2D eigenvalue weighted by Crippen LogP contribution is -2.43. The van der Waals surface area contributed by atoms with E-state index in [0.717, 1.165) is 30.1 Å². The van der Waals surface area contributed by atoms with Crippen LogP contribution >= 0.6 is 11.3 Å². The Morgan fingerprint density at radius 3 is 2.96 bits per heavy atom. The molecule has 1 saturated heterocycles. The second-order valence-electron chi connectivity index (χ2n) is 6.53. The highest BCUT2D eigenvalue weighted by Crippen LogP contribution is 2.23. The zero-order valence-electron chi connectivity index (χ0n) is 15.2. The Labute approximate surface area is 163 Å². The van der Waals surface area contributed by atoms with Crippen LogP contribution in [0.3, 0.4) is 0 Å². The molecule has 1 aliphatic heterocycles. The molecule has 1 fully saturated rings. The van der Waals surface area contributed by atoms with Gasteiger partial charge in [-0.25, -0.2) is 4.98 Å². The number of amides is 2. The zero-order valence-corrected chi connectivity index (χ0v) is 16.0. The first kappa shape index (κ1) is 19.1. The molecule has 2 aromatic heterocycles. The summed E-state index contributed by atoms with van der Waals surface area (Å²) in [4.78, 5) is 31.9. The predicted octanol–water partition coefficient (Wildman–Crippen LogP) is 2.84. The minimum Gasteiger partial charge on any atom is -0.356 e. The molecule has 7 heteroatoms. The van der Waals surface area contributed by atoms with Gasteiger partial charge in [0.05, 0.1) is 24.2 Å².